The molecule has 2 aromatic rings. The van der Waals surface area contributed by atoms with Gasteiger partial charge in [-0.3, -0.25) is 0 Å². The van der Waals surface area contributed by atoms with E-state index in [0.717, 1.165) is 35.8 Å². The molecule has 0 bridgehead atoms. The van der Waals surface area contributed by atoms with Crippen LogP contribution in [-0.2, 0) is 6.54 Å². The topological polar surface area (TPSA) is 38.5 Å². The lowest BCUT2D eigenvalue weighted by atomic mass is 10.1. The number of anilines is 2. The molecule has 0 saturated carbocycles. The number of ether oxygens (including phenoxy) is 1. The summed E-state index contributed by atoms with van der Waals surface area (Å²) in [6, 6.07) is 11.4. The molecule has 0 atom stereocenters. The predicted octanol–water partition coefficient (Wildman–Crippen LogP) is 3.97. The van der Waals surface area contributed by atoms with Crippen molar-refractivity contribution in [3.63, 3.8) is 0 Å². The van der Waals surface area contributed by atoms with Crippen LogP contribution in [0.4, 0.5) is 11.4 Å². The molecule has 0 aliphatic carbocycles. The summed E-state index contributed by atoms with van der Waals surface area (Å²) in [5.41, 5.74) is 8.71. The summed E-state index contributed by atoms with van der Waals surface area (Å²) in [5.74, 6) is 0.866. The summed E-state index contributed by atoms with van der Waals surface area (Å²) in [5, 5.41) is 1.15. The zero-order valence-electron chi connectivity index (χ0n) is 10.8. The molecule has 0 amide bonds. The number of rotatable bonds is 2. The van der Waals surface area contributed by atoms with Gasteiger partial charge in [0.2, 0.25) is 0 Å². The molecule has 1 heterocycles. The second kappa shape index (κ2) is 5.43. The maximum atomic E-state index is 6.06. The quantitative estimate of drug-likeness (QED) is 0.853. The number of fused-ring (bicyclic) bond motifs is 1. The van der Waals surface area contributed by atoms with E-state index < -0.39 is 0 Å². The third kappa shape index (κ3) is 2.65. The van der Waals surface area contributed by atoms with E-state index in [2.05, 4.69) is 4.90 Å². The van der Waals surface area contributed by atoms with Crippen molar-refractivity contribution in [3.05, 3.63) is 52.0 Å². The highest BCUT2D eigenvalue weighted by Crippen LogP contribution is 2.34. The number of hydrogen-bond donors (Lipinski definition) is 1. The molecule has 5 heteroatoms. The second-order valence-electron chi connectivity index (χ2n) is 4.75. The number of hydrogen-bond acceptors (Lipinski definition) is 3. The van der Waals surface area contributed by atoms with Crippen LogP contribution in [0.1, 0.15) is 5.56 Å². The lowest BCUT2D eigenvalue weighted by Crippen LogP contribution is -2.32. The van der Waals surface area contributed by atoms with E-state index in [0.29, 0.717) is 16.7 Å². The van der Waals surface area contributed by atoms with E-state index in [9.17, 15) is 0 Å². The fourth-order valence-corrected chi connectivity index (χ4v) is 2.63. The first-order valence-corrected chi connectivity index (χ1v) is 7.10. The third-order valence-corrected chi connectivity index (χ3v) is 4.04. The molecule has 0 radical (unpaired) electrons. The van der Waals surface area contributed by atoms with Crippen molar-refractivity contribution in [1.29, 1.82) is 0 Å². The van der Waals surface area contributed by atoms with Gasteiger partial charge in [-0.1, -0.05) is 29.3 Å². The van der Waals surface area contributed by atoms with Gasteiger partial charge in [0, 0.05) is 12.2 Å². The smallest absolute Gasteiger partial charge is 0.142 e. The first-order chi connectivity index (χ1) is 9.63. The summed E-state index contributed by atoms with van der Waals surface area (Å²) in [7, 11) is 0. The van der Waals surface area contributed by atoms with Crippen molar-refractivity contribution in [2.24, 2.45) is 0 Å². The second-order valence-corrected chi connectivity index (χ2v) is 5.56. The van der Waals surface area contributed by atoms with Crippen molar-refractivity contribution >= 4 is 34.6 Å². The molecule has 2 N–H and O–H groups in total. The van der Waals surface area contributed by atoms with E-state index in [4.69, 9.17) is 33.7 Å². The summed E-state index contributed by atoms with van der Waals surface area (Å²) in [4.78, 5) is 2.23. The molecule has 0 saturated heterocycles. The average Bonchev–Trinajstić information content (AvgIpc) is 2.44. The van der Waals surface area contributed by atoms with Crippen LogP contribution in [0.2, 0.25) is 10.0 Å². The van der Waals surface area contributed by atoms with Gasteiger partial charge in [0.05, 0.1) is 22.3 Å². The monoisotopic (exact) mass is 308 g/mol. The Balaban J connectivity index is 1.89. The molecular weight excluding hydrogens is 295 g/mol. The first kappa shape index (κ1) is 13.4. The highest BCUT2D eigenvalue weighted by molar-refractivity contribution is 6.42. The lowest BCUT2D eigenvalue weighted by Gasteiger charge is -2.31. The molecule has 1 aliphatic heterocycles. The molecule has 0 fully saturated rings. The Morgan fingerprint density at radius 3 is 2.75 bits per heavy atom. The molecule has 104 valence electrons. The summed E-state index contributed by atoms with van der Waals surface area (Å²) in [6.07, 6.45) is 0. The van der Waals surface area contributed by atoms with Gasteiger partial charge in [-0.05, 0) is 35.9 Å². The van der Waals surface area contributed by atoms with E-state index in [-0.39, 0.29) is 0 Å². The van der Waals surface area contributed by atoms with Crippen molar-refractivity contribution < 1.29 is 4.74 Å². The van der Waals surface area contributed by atoms with Gasteiger partial charge in [0.15, 0.2) is 0 Å². The van der Waals surface area contributed by atoms with E-state index in [1.165, 1.54) is 0 Å². The minimum Gasteiger partial charge on any atom is -0.490 e. The van der Waals surface area contributed by atoms with Crippen LogP contribution in [0.3, 0.4) is 0 Å². The van der Waals surface area contributed by atoms with Gasteiger partial charge in [0.1, 0.15) is 12.4 Å². The number of nitrogen functional groups attached to an aromatic ring is 1. The number of benzene rings is 2. The standard InChI is InChI=1S/C15H14Cl2N2O/c16-12-3-1-10(7-13(12)17)9-19-5-6-20-15-4-2-11(18)8-14(15)19/h1-4,7-8H,5-6,9,18H2. The Morgan fingerprint density at radius 2 is 1.95 bits per heavy atom. The summed E-state index contributed by atoms with van der Waals surface area (Å²) in [6.45, 7) is 2.23. The van der Waals surface area contributed by atoms with Gasteiger partial charge in [0.25, 0.3) is 0 Å². The van der Waals surface area contributed by atoms with Crippen molar-refractivity contribution in [2.75, 3.05) is 23.8 Å². The highest BCUT2D eigenvalue weighted by Gasteiger charge is 2.18. The Labute approximate surface area is 127 Å². The summed E-state index contributed by atoms with van der Waals surface area (Å²) >= 11 is 12.0. The lowest BCUT2D eigenvalue weighted by molar-refractivity contribution is 0.307. The molecule has 20 heavy (non-hydrogen) atoms. The minimum atomic E-state index is 0.571. The average molecular weight is 309 g/mol. The molecule has 0 aromatic heterocycles. The molecular formula is C15H14Cl2N2O. The maximum Gasteiger partial charge on any atom is 0.142 e. The fraction of sp³-hybridized carbons (Fsp3) is 0.200. The number of nitrogens with two attached hydrogens (primary N) is 1. The molecule has 1 aliphatic rings. The van der Waals surface area contributed by atoms with E-state index in [1.807, 2.05) is 36.4 Å². The van der Waals surface area contributed by atoms with Gasteiger partial charge >= 0.3 is 0 Å². The van der Waals surface area contributed by atoms with Crippen molar-refractivity contribution in [2.45, 2.75) is 6.54 Å². The van der Waals surface area contributed by atoms with Crippen LogP contribution in [0.5, 0.6) is 5.75 Å². The zero-order valence-corrected chi connectivity index (χ0v) is 12.3. The van der Waals surface area contributed by atoms with Crippen LogP contribution < -0.4 is 15.4 Å². The maximum absolute atomic E-state index is 6.06. The SMILES string of the molecule is Nc1ccc2c(c1)N(Cc1ccc(Cl)c(Cl)c1)CCO2. The Morgan fingerprint density at radius 1 is 1.10 bits per heavy atom. The molecule has 3 nitrogen and oxygen atoms in total. The van der Waals surface area contributed by atoms with Crippen molar-refractivity contribution in [1.82, 2.24) is 0 Å². The normalized spacial score (nSPS) is 13.8. The molecule has 0 unspecified atom stereocenters. The van der Waals surface area contributed by atoms with Crippen molar-refractivity contribution in [3.8, 4) is 5.75 Å². The Bertz CT molecular complexity index is 646. The molecule has 3 rings (SSSR count). The Hall–Kier alpha value is -1.58. The number of halogens is 2. The predicted molar refractivity (Wildman–Crippen MR) is 83.9 cm³/mol. The highest BCUT2D eigenvalue weighted by atomic mass is 35.5. The summed E-state index contributed by atoms with van der Waals surface area (Å²) < 4.78 is 5.64. The largest absolute Gasteiger partial charge is 0.490 e. The van der Waals surface area contributed by atoms with Crippen LogP contribution in [0.15, 0.2) is 36.4 Å². The van der Waals surface area contributed by atoms with Gasteiger partial charge in [-0.15, -0.1) is 0 Å². The molecule has 0 spiro atoms. The van der Waals surface area contributed by atoms with Gasteiger partial charge in [-0.25, -0.2) is 0 Å². The van der Waals surface area contributed by atoms with E-state index in [1.54, 1.807) is 0 Å². The van der Waals surface area contributed by atoms with E-state index >= 15 is 0 Å². The van der Waals surface area contributed by atoms with Crippen LogP contribution >= 0.6 is 23.2 Å². The Kier molecular flexibility index (Phi) is 3.64. The third-order valence-electron chi connectivity index (χ3n) is 3.30. The minimum absolute atomic E-state index is 0.571. The van der Waals surface area contributed by atoms with Gasteiger partial charge < -0.3 is 15.4 Å². The number of nitrogens with zero attached hydrogens (tertiary/aromatic N) is 1. The molecule has 2 aromatic carbocycles. The van der Waals surface area contributed by atoms with Crippen LogP contribution in [0, 0.1) is 0 Å². The first-order valence-electron chi connectivity index (χ1n) is 6.35. The zero-order chi connectivity index (χ0) is 14.1. The van der Waals surface area contributed by atoms with Crippen LogP contribution in [-0.4, -0.2) is 13.2 Å². The fourth-order valence-electron chi connectivity index (χ4n) is 2.31. The van der Waals surface area contributed by atoms with Gasteiger partial charge in [-0.2, -0.15) is 0 Å². The van der Waals surface area contributed by atoms with Crippen LogP contribution in [0.25, 0.3) is 0 Å².